The molecule has 6 rings (SSSR count). The monoisotopic (exact) mass is 607 g/mol. The number of sulfonamides is 1. The van der Waals surface area contributed by atoms with E-state index in [2.05, 4.69) is 11.6 Å². The van der Waals surface area contributed by atoms with Gasteiger partial charge in [0, 0.05) is 66.0 Å². The number of anilines is 1. The summed E-state index contributed by atoms with van der Waals surface area (Å²) in [6.07, 6.45) is 2.32. The van der Waals surface area contributed by atoms with Crippen LogP contribution < -0.4 is 10.6 Å². The molecule has 0 saturated carbocycles. The van der Waals surface area contributed by atoms with Gasteiger partial charge in [-0.1, -0.05) is 18.2 Å². The maximum Gasteiger partial charge on any atom is 0.350 e. The number of amides is 1. The third kappa shape index (κ3) is 4.30. The van der Waals surface area contributed by atoms with Gasteiger partial charge in [0.25, 0.3) is 0 Å². The standard InChI is InChI=1S/C26H24ClF2N5O4S2/c1-3-21(35)32-6-7-33(20-13-31(12-19(20)32)40(2,37)38)25-16-11-17(27)22(15-5-4-14(28)10-18(15)29)24-23(16)34(8-9-39-24)26(36)30-25/h3-5,10-11,19-20H,1,6-9,12-13H2,2H3/t19-,20+/m0/s1. The number of thioether (sulfide) groups is 1. The van der Waals surface area contributed by atoms with Crippen molar-refractivity contribution in [2.75, 3.05) is 43.1 Å². The van der Waals surface area contributed by atoms with Crippen molar-refractivity contribution in [1.82, 2.24) is 18.8 Å². The number of aryl methyl sites for hydroxylation is 1. The zero-order valence-corrected chi connectivity index (χ0v) is 23.7. The normalized spacial score (nSPS) is 21.1. The predicted molar refractivity (Wildman–Crippen MR) is 150 cm³/mol. The molecule has 3 aliphatic rings. The molecule has 4 heterocycles. The van der Waals surface area contributed by atoms with Crippen LogP contribution in [0.1, 0.15) is 0 Å². The molecule has 2 atom stereocenters. The van der Waals surface area contributed by atoms with Crippen molar-refractivity contribution in [2.45, 2.75) is 23.5 Å². The summed E-state index contributed by atoms with van der Waals surface area (Å²) in [6, 6.07) is 3.93. The molecule has 3 aromatic rings. The first kappa shape index (κ1) is 27.2. The van der Waals surface area contributed by atoms with Gasteiger partial charge in [0.2, 0.25) is 15.9 Å². The van der Waals surface area contributed by atoms with Gasteiger partial charge in [-0.25, -0.2) is 22.0 Å². The summed E-state index contributed by atoms with van der Waals surface area (Å²) in [6.45, 7) is 4.72. The Morgan fingerprint density at radius 2 is 1.93 bits per heavy atom. The van der Waals surface area contributed by atoms with Crippen molar-refractivity contribution in [3.8, 4) is 11.1 Å². The third-order valence-electron chi connectivity index (χ3n) is 7.72. The van der Waals surface area contributed by atoms with Crippen molar-refractivity contribution in [3.05, 3.63) is 64.1 Å². The van der Waals surface area contributed by atoms with Gasteiger partial charge in [0.15, 0.2) is 0 Å². The van der Waals surface area contributed by atoms with Crippen LogP contribution in [0.2, 0.25) is 5.02 Å². The molecule has 0 unspecified atom stereocenters. The van der Waals surface area contributed by atoms with E-state index in [1.165, 1.54) is 32.8 Å². The molecule has 3 aliphatic heterocycles. The van der Waals surface area contributed by atoms with Crippen LogP contribution in [0.15, 0.2) is 46.6 Å². The Labute approximate surface area is 238 Å². The summed E-state index contributed by atoms with van der Waals surface area (Å²) in [5.74, 6) is -0.949. The number of rotatable bonds is 4. The van der Waals surface area contributed by atoms with Gasteiger partial charge in [-0.05, 0) is 24.3 Å². The van der Waals surface area contributed by atoms with Gasteiger partial charge >= 0.3 is 5.69 Å². The molecule has 210 valence electrons. The number of halogens is 3. The van der Waals surface area contributed by atoms with E-state index in [-0.39, 0.29) is 36.1 Å². The fourth-order valence-electron chi connectivity index (χ4n) is 5.93. The number of carbonyl (C=O) groups excluding carboxylic acids is 1. The number of carbonyl (C=O) groups is 1. The second kappa shape index (κ2) is 9.82. The number of fused-ring (bicyclic) bond motifs is 1. The Balaban J connectivity index is 1.55. The quantitative estimate of drug-likeness (QED) is 0.421. The van der Waals surface area contributed by atoms with Crippen LogP contribution >= 0.6 is 23.4 Å². The highest BCUT2D eigenvalue weighted by molar-refractivity contribution is 7.99. The third-order valence-corrected chi connectivity index (χ3v) is 10.3. The van der Waals surface area contributed by atoms with E-state index >= 15 is 0 Å². The Morgan fingerprint density at radius 1 is 1.18 bits per heavy atom. The van der Waals surface area contributed by atoms with Gasteiger partial charge in [-0.3, -0.25) is 9.36 Å². The topological polar surface area (TPSA) is 95.8 Å². The first-order valence-corrected chi connectivity index (χ1v) is 15.7. The Kier molecular flexibility index (Phi) is 6.68. The number of hydrogen-bond donors (Lipinski definition) is 0. The van der Waals surface area contributed by atoms with Crippen molar-refractivity contribution in [3.63, 3.8) is 0 Å². The van der Waals surface area contributed by atoms with Gasteiger partial charge in [0.05, 0.1) is 28.9 Å². The highest BCUT2D eigenvalue weighted by atomic mass is 35.5. The van der Waals surface area contributed by atoms with Gasteiger partial charge in [0.1, 0.15) is 17.5 Å². The molecule has 40 heavy (non-hydrogen) atoms. The first-order valence-electron chi connectivity index (χ1n) is 12.5. The molecular weight excluding hydrogens is 584 g/mol. The molecule has 2 aromatic carbocycles. The number of hydrogen-bond acceptors (Lipinski definition) is 7. The smallest absolute Gasteiger partial charge is 0.348 e. The maximum atomic E-state index is 14.9. The minimum Gasteiger partial charge on any atom is -0.348 e. The minimum atomic E-state index is -3.56. The first-order chi connectivity index (χ1) is 19.0. The predicted octanol–water partition coefficient (Wildman–Crippen LogP) is 2.95. The summed E-state index contributed by atoms with van der Waals surface area (Å²) < 4.78 is 56.4. The number of aromatic nitrogens is 2. The Bertz CT molecular complexity index is 1770. The van der Waals surface area contributed by atoms with E-state index in [1.54, 1.807) is 11.0 Å². The lowest BCUT2D eigenvalue weighted by Gasteiger charge is -2.44. The average Bonchev–Trinajstić information content (AvgIpc) is 3.37. The second-order valence-electron chi connectivity index (χ2n) is 9.94. The van der Waals surface area contributed by atoms with Crippen LogP contribution in [0.25, 0.3) is 22.0 Å². The number of nitrogens with zero attached hydrogens (tertiary/aromatic N) is 5. The van der Waals surface area contributed by atoms with E-state index in [9.17, 15) is 26.8 Å². The maximum absolute atomic E-state index is 14.9. The molecule has 0 aliphatic carbocycles. The van der Waals surface area contributed by atoms with Gasteiger partial charge < -0.3 is 9.80 Å². The van der Waals surface area contributed by atoms with Crippen molar-refractivity contribution in [2.24, 2.45) is 0 Å². The largest absolute Gasteiger partial charge is 0.350 e. The van der Waals surface area contributed by atoms with Crippen molar-refractivity contribution in [1.29, 1.82) is 0 Å². The van der Waals surface area contributed by atoms with E-state index < -0.39 is 39.4 Å². The molecule has 1 aromatic heterocycles. The van der Waals surface area contributed by atoms with Gasteiger partial charge in [-0.15, -0.1) is 11.8 Å². The number of piperazine rings is 1. The molecule has 9 nitrogen and oxygen atoms in total. The van der Waals surface area contributed by atoms with E-state index in [0.717, 1.165) is 18.4 Å². The van der Waals surface area contributed by atoms with E-state index in [0.29, 0.717) is 46.0 Å². The van der Waals surface area contributed by atoms with E-state index in [4.69, 9.17) is 11.6 Å². The molecule has 1 amide bonds. The highest BCUT2D eigenvalue weighted by Gasteiger charge is 2.47. The fourth-order valence-corrected chi connectivity index (χ4v) is 8.34. The molecular formula is C26H24ClF2N5O4S2. The summed E-state index contributed by atoms with van der Waals surface area (Å²) in [5.41, 5.74) is 0.515. The lowest BCUT2D eigenvalue weighted by Crippen LogP contribution is -2.61. The molecule has 0 spiro atoms. The Hall–Kier alpha value is -3.00. The molecule has 0 radical (unpaired) electrons. The highest BCUT2D eigenvalue weighted by Crippen LogP contribution is 2.46. The van der Waals surface area contributed by atoms with Crippen LogP contribution in [0.3, 0.4) is 0 Å². The van der Waals surface area contributed by atoms with Crippen molar-refractivity contribution >= 4 is 56.0 Å². The lowest BCUT2D eigenvalue weighted by molar-refractivity contribution is -0.128. The molecule has 2 fully saturated rings. The van der Waals surface area contributed by atoms with Crippen LogP contribution in [0.5, 0.6) is 0 Å². The molecule has 14 heteroatoms. The van der Waals surface area contributed by atoms with Crippen LogP contribution in [0, 0.1) is 11.6 Å². The van der Waals surface area contributed by atoms with Crippen LogP contribution in [0.4, 0.5) is 14.6 Å². The van der Waals surface area contributed by atoms with Gasteiger partial charge in [-0.2, -0.15) is 9.29 Å². The average molecular weight is 608 g/mol. The van der Waals surface area contributed by atoms with Crippen LogP contribution in [-0.4, -0.2) is 83.4 Å². The molecule has 2 saturated heterocycles. The SMILES string of the molecule is C=CC(=O)N1CCN(c2nc(=O)n3c4c(c(-c5ccc(F)cc5F)c(Cl)cc24)SCC3)[C@@H]2CN(S(C)(=O)=O)C[C@@H]21. The number of benzene rings is 2. The zero-order valence-electron chi connectivity index (χ0n) is 21.3. The van der Waals surface area contributed by atoms with E-state index in [1.807, 2.05) is 4.90 Å². The van der Waals surface area contributed by atoms with Crippen molar-refractivity contribution < 1.29 is 22.0 Å². The zero-order chi connectivity index (χ0) is 28.5. The summed E-state index contributed by atoms with van der Waals surface area (Å²) >= 11 is 8.20. The molecule has 0 N–H and O–H groups in total. The summed E-state index contributed by atoms with van der Waals surface area (Å²) in [7, 11) is -3.56. The summed E-state index contributed by atoms with van der Waals surface area (Å²) in [4.78, 5) is 34.5. The lowest BCUT2D eigenvalue weighted by atomic mass is 10.0. The second-order valence-corrected chi connectivity index (χ2v) is 13.4. The van der Waals surface area contributed by atoms with Crippen LogP contribution in [-0.2, 0) is 21.4 Å². The summed E-state index contributed by atoms with van der Waals surface area (Å²) in [5, 5.41) is 0.759. The molecule has 0 bridgehead atoms. The fraction of sp³-hybridized carbons (Fsp3) is 0.346. The minimum absolute atomic E-state index is 0.102. The Morgan fingerprint density at radius 3 is 2.62 bits per heavy atom.